The highest BCUT2D eigenvalue weighted by Crippen LogP contribution is 2.41. The molecule has 0 aliphatic carbocycles. The molecule has 1 saturated heterocycles. The van der Waals surface area contributed by atoms with Crippen molar-refractivity contribution in [3.8, 4) is 11.1 Å². The molecule has 2 aromatic rings. The number of rotatable bonds is 3. The van der Waals surface area contributed by atoms with Crippen LogP contribution in [-0.2, 0) is 9.84 Å². The molecule has 2 aliphatic heterocycles. The number of hydrogen-bond donors (Lipinski definition) is 0. The van der Waals surface area contributed by atoms with Crippen LogP contribution in [0.5, 0.6) is 0 Å². The number of likely N-dealkylation sites (tertiary alicyclic amines) is 1. The molecule has 0 N–H and O–H groups in total. The van der Waals surface area contributed by atoms with Crippen LogP contribution in [0.2, 0.25) is 0 Å². The third kappa shape index (κ3) is 2.76. The average molecular weight is 342 g/mol. The monoisotopic (exact) mass is 342 g/mol. The van der Waals surface area contributed by atoms with Gasteiger partial charge in [-0.1, -0.05) is 6.07 Å². The summed E-state index contributed by atoms with van der Waals surface area (Å²) in [7, 11) is -0.995. The number of sulfone groups is 1. The molecule has 1 aromatic carbocycles. The lowest BCUT2D eigenvalue weighted by Crippen LogP contribution is -2.27. The van der Waals surface area contributed by atoms with E-state index in [9.17, 15) is 8.42 Å². The maximum Gasteiger partial charge on any atom is 0.179 e. The van der Waals surface area contributed by atoms with Gasteiger partial charge in [0, 0.05) is 24.4 Å². The van der Waals surface area contributed by atoms with Crippen molar-refractivity contribution in [2.45, 2.75) is 36.1 Å². The third-order valence-electron chi connectivity index (χ3n) is 5.45. The van der Waals surface area contributed by atoms with Gasteiger partial charge < -0.3 is 4.90 Å². The fourth-order valence-corrected chi connectivity index (χ4v) is 6.00. The van der Waals surface area contributed by atoms with Crippen molar-refractivity contribution in [1.29, 1.82) is 0 Å². The van der Waals surface area contributed by atoms with Crippen molar-refractivity contribution in [3.05, 3.63) is 48.3 Å². The van der Waals surface area contributed by atoms with Gasteiger partial charge in [0.25, 0.3) is 0 Å². The third-order valence-corrected chi connectivity index (χ3v) is 7.33. The number of benzene rings is 1. The Morgan fingerprint density at radius 3 is 2.67 bits per heavy atom. The zero-order valence-electron chi connectivity index (χ0n) is 13.9. The van der Waals surface area contributed by atoms with E-state index in [1.807, 2.05) is 18.2 Å². The smallest absolute Gasteiger partial charge is 0.179 e. The number of aromatic nitrogens is 1. The summed E-state index contributed by atoms with van der Waals surface area (Å²) in [6, 6.07) is 10.2. The standard InChI is InChI=1S/C19H22N2O2S/c1-21-10-2-3-17(21)11-16-13-24(22,23)19-5-4-15(12-18(16)19)14-6-8-20-9-7-14/h4-9,12,16-17H,2-3,10-11,13H2,1H3/t16?,17-/m1/s1. The fourth-order valence-electron chi connectivity index (χ4n) is 4.12. The first-order chi connectivity index (χ1) is 11.5. The molecule has 2 atom stereocenters. The lowest BCUT2D eigenvalue weighted by atomic mass is 9.91. The highest BCUT2D eigenvalue weighted by Gasteiger charge is 2.37. The summed E-state index contributed by atoms with van der Waals surface area (Å²) in [4.78, 5) is 6.96. The number of pyridine rings is 1. The Morgan fingerprint density at radius 2 is 1.96 bits per heavy atom. The van der Waals surface area contributed by atoms with Crippen molar-refractivity contribution in [2.24, 2.45) is 0 Å². The van der Waals surface area contributed by atoms with Crippen molar-refractivity contribution < 1.29 is 8.42 Å². The van der Waals surface area contributed by atoms with E-state index in [0.717, 1.165) is 29.7 Å². The molecule has 24 heavy (non-hydrogen) atoms. The van der Waals surface area contributed by atoms with E-state index in [1.165, 1.54) is 12.8 Å². The second-order valence-electron chi connectivity index (χ2n) is 6.98. The Bertz CT molecular complexity index is 849. The molecule has 1 aromatic heterocycles. The van der Waals surface area contributed by atoms with Crippen molar-refractivity contribution in [3.63, 3.8) is 0 Å². The Balaban J connectivity index is 1.71. The summed E-state index contributed by atoms with van der Waals surface area (Å²) in [5.74, 6) is 0.365. The van der Waals surface area contributed by atoms with Crippen LogP contribution in [0.4, 0.5) is 0 Å². The molecule has 5 heteroatoms. The molecule has 1 fully saturated rings. The van der Waals surface area contributed by atoms with Gasteiger partial charge in [-0.3, -0.25) is 4.98 Å². The molecule has 0 spiro atoms. The first-order valence-electron chi connectivity index (χ1n) is 8.52. The van der Waals surface area contributed by atoms with Gasteiger partial charge in [0.15, 0.2) is 9.84 Å². The van der Waals surface area contributed by atoms with Crippen LogP contribution in [0.25, 0.3) is 11.1 Å². The molecule has 1 unspecified atom stereocenters. The zero-order valence-corrected chi connectivity index (χ0v) is 14.7. The lowest BCUT2D eigenvalue weighted by molar-refractivity contribution is 0.286. The van der Waals surface area contributed by atoms with Crippen LogP contribution in [0.1, 0.15) is 30.7 Å². The van der Waals surface area contributed by atoms with Crippen molar-refractivity contribution in [2.75, 3.05) is 19.3 Å². The second-order valence-corrected chi connectivity index (χ2v) is 8.98. The molecule has 4 nitrogen and oxygen atoms in total. The van der Waals surface area contributed by atoms with Gasteiger partial charge in [0.1, 0.15) is 0 Å². The summed E-state index contributed by atoms with van der Waals surface area (Å²) in [6.07, 6.45) is 6.86. The van der Waals surface area contributed by atoms with Gasteiger partial charge >= 0.3 is 0 Å². The van der Waals surface area contributed by atoms with E-state index in [1.54, 1.807) is 18.5 Å². The molecule has 3 heterocycles. The van der Waals surface area contributed by atoms with Crippen molar-refractivity contribution in [1.82, 2.24) is 9.88 Å². The molecular formula is C19H22N2O2S. The molecule has 0 amide bonds. The Hall–Kier alpha value is -1.72. The van der Waals surface area contributed by atoms with Gasteiger partial charge in [-0.2, -0.15) is 0 Å². The molecular weight excluding hydrogens is 320 g/mol. The SMILES string of the molecule is CN1CCC[C@@H]1CC1CS(=O)(=O)c2ccc(-c3ccncc3)cc21. The zero-order chi connectivity index (χ0) is 16.7. The predicted octanol–water partition coefficient (Wildman–Crippen LogP) is 3.10. The Labute approximate surface area is 143 Å². The van der Waals surface area contributed by atoms with Gasteiger partial charge in [-0.25, -0.2) is 8.42 Å². The second kappa shape index (κ2) is 5.97. The molecule has 0 saturated carbocycles. The van der Waals surface area contributed by atoms with E-state index >= 15 is 0 Å². The largest absolute Gasteiger partial charge is 0.303 e. The molecule has 4 rings (SSSR count). The van der Waals surface area contributed by atoms with Crippen LogP contribution in [0, 0.1) is 0 Å². The van der Waals surface area contributed by atoms with E-state index < -0.39 is 9.84 Å². The molecule has 0 radical (unpaired) electrons. The molecule has 126 valence electrons. The number of fused-ring (bicyclic) bond motifs is 1. The minimum Gasteiger partial charge on any atom is -0.303 e. The maximum atomic E-state index is 12.5. The Morgan fingerprint density at radius 1 is 1.17 bits per heavy atom. The lowest BCUT2D eigenvalue weighted by Gasteiger charge is -2.22. The van der Waals surface area contributed by atoms with Gasteiger partial charge in [0.05, 0.1) is 10.6 Å². The van der Waals surface area contributed by atoms with Crippen molar-refractivity contribution >= 4 is 9.84 Å². The topological polar surface area (TPSA) is 50.3 Å². The predicted molar refractivity (Wildman–Crippen MR) is 94.7 cm³/mol. The van der Waals surface area contributed by atoms with Crippen LogP contribution in [-0.4, -0.2) is 43.7 Å². The van der Waals surface area contributed by atoms with E-state index in [2.05, 4.69) is 23.0 Å². The summed E-state index contributed by atoms with van der Waals surface area (Å²) in [5.41, 5.74) is 3.15. The summed E-state index contributed by atoms with van der Waals surface area (Å²) in [6.45, 7) is 1.12. The van der Waals surface area contributed by atoms with E-state index in [4.69, 9.17) is 0 Å². The minimum absolute atomic E-state index is 0.109. The maximum absolute atomic E-state index is 12.5. The fraction of sp³-hybridized carbons (Fsp3) is 0.421. The van der Waals surface area contributed by atoms with Crippen LogP contribution >= 0.6 is 0 Å². The summed E-state index contributed by atoms with van der Waals surface area (Å²) < 4.78 is 25.1. The first kappa shape index (κ1) is 15.8. The Kier molecular flexibility index (Phi) is 3.93. The number of hydrogen-bond acceptors (Lipinski definition) is 4. The van der Waals surface area contributed by atoms with Crippen LogP contribution in [0.15, 0.2) is 47.6 Å². The summed E-state index contributed by atoms with van der Waals surface area (Å²) >= 11 is 0. The summed E-state index contributed by atoms with van der Waals surface area (Å²) in [5, 5.41) is 0. The van der Waals surface area contributed by atoms with E-state index in [-0.39, 0.29) is 11.7 Å². The van der Waals surface area contributed by atoms with E-state index in [0.29, 0.717) is 10.9 Å². The van der Waals surface area contributed by atoms with Gasteiger partial charge in [-0.15, -0.1) is 0 Å². The van der Waals surface area contributed by atoms with Crippen LogP contribution in [0.3, 0.4) is 0 Å². The minimum atomic E-state index is -3.14. The highest BCUT2D eigenvalue weighted by atomic mass is 32.2. The molecule has 0 bridgehead atoms. The molecule has 2 aliphatic rings. The average Bonchev–Trinajstić information content (AvgIpc) is 3.10. The van der Waals surface area contributed by atoms with Gasteiger partial charge in [-0.05, 0) is 73.8 Å². The van der Waals surface area contributed by atoms with Gasteiger partial charge in [0.2, 0.25) is 0 Å². The number of nitrogens with zero attached hydrogens (tertiary/aromatic N) is 2. The quantitative estimate of drug-likeness (QED) is 0.860. The van der Waals surface area contributed by atoms with Crippen LogP contribution < -0.4 is 0 Å². The normalized spacial score (nSPS) is 25.7. The first-order valence-corrected chi connectivity index (χ1v) is 10.2. The highest BCUT2D eigenvalue weighted by molar-refractivity contribution is 7.91.